The Morgan fingerprint density at radius 2 is 1.47 bits per heavy atom. The molecular formula is C23H22FNO4S. The summed E-state index contributed by atoms with van der Waals surface area (Å²) < 4.78 is 43.2. The number of carbonyl (C=O) groups is 1. The summed E-state index contributed by atoms with van der Waals surface area (Å²) in [4.78, 5) is 12.3. The van der Waals surface area contributed by atoms with E-state index in [9.17, 15) is 17.6 Å². The Labute approximate surface area is 175 Å². The van der Waals surface area contributed by atoms with Crippen molar-refractivity contribution in [1.29, 1.82) is 0 Å². The highest BCUT2D eigenvalue weighted by Crippen LogP contribution is 2.22. The molecule has 0 aliphatic heterocycles. The molecule has 30 heavy (non-hydrogen) atoms. The van der Waals surface area contributed by atoms with Gasteiger partial charge in [0, 0.05) is 13.0 Å². The number of amides is 1. The van der Waals surface area contributed by atoms with Gasteiger partial charge in [-0.05, 0) is 61.0 Å². The number of ether oxygens (including phenoxy) is 1. The minimum absolute atomic E-state index is 0.109. The summed E-state index contributed by atoms with van der Waals surface area (Å²) in [5.41, 5.74) is 1.82. The van der Waals surface area contributed by atoms with Crippen molar-refractivity contribution >= 4 is 15.7 Å². The van der Waals surface area contributed by atoms with Crippen molar-refractivity contribution in [3.05, 3.63) is 89.7 Å². The highest BCUT2D eigenvalue weighted by Gasteiger charge is 2.16. The summed E-state index contributed by atoms with van der Waals surface area (Å²) in [7, 11) is -3.49. The van der Waals surface area contributed by atoms with Crippen LogP contribution in [0.1, 0.15) is 17.5 Å². The molecule has 0 spiro atoms. The van der Waals surface area contributed by atoms with Crippen molar-refractivity contribution in [3.8, 4) is 11.5 Å². The third-order valence-corrected chi connectivity index (χ3v) is 6.17. The van der Waals surface area contributed by atoms with Gasteiger partial charge in [0.05, 0.1) is 10.6 Å². The van der Waals surface area contributed by atoms with Crippen molar-refractivity contribution in [3.63, 3.8) is 0 Å². The average molecular weight is 427 g/mol. The molecule has 3 aromatic rings. The largest absolute Gasteiger partial charge is 0.457 e. The normalized spacial score (nSPS) is 11.1. The minimum Gasteiger partial charge on any atom is -0.457 e. The van der Waals surface area contributed by atoms with E-state index in [0.717, 1.165) is 11.1 Å². The first-order chi connectivity index (χ1) is 14.3. The molecule has 5 nitrogen and oxygen atoms in total. The Bertz CT molecular complexity index is 1090. The maximum atomic E-state index is 12.9. The zero-order valence-corrected chi connectivity index (χ0v) is 17.3. The standard InChI is InChI=1S/C23H22FNO4S/c1-17-2-12-22(13-3-17)30(27,28)15-14-23(26)25-16-18-4-8-20(9-5-18)29-21-10-6-19(24)7-11-21/h2-13H,14-16H2,1H3,(H,25,26). The lowest BCUT2D eigenvalue weighted by atomic mass is 10.2. The van der Waals surface area contributed by atoms with E-state index in [-0.39, 0.29) is 35.3 Å². The fourth-order valence-corrected chi connectivity index (χ4v) is 3.93. The van der Waals surface area contributed by atoms with E-state index < -0.39 is 9.84 Å². The van der Waals surface area contributed by atoms with Crippen LogP contribution in [0.3, 0.4) is 0 Å². The Kier molecular flexibility index (Phi) is 6.84. The van der Waals surface area contributed by atoms with Gasteiger partial charge in [0.2, 0.25) is 5.91 Å². The SMILES string of the molecule is Cc1ccc(S(=O)(=O)CCC(=O)NCc2ccc(Oc3ccc(F)cc3)cc2)cc1. The molecule has 7 heteroatoms. The lowest BCUT2D eigenvalue weighted by molar-refractivity contribution is -0.120. The van der Waals surface area contributed by atoms with E-state index >= 15 is 0 Å². The van der Waals surface area contributed by atoms with Crippen LogP contribution in [0.5, 0.6) is 11.5 Å². The van der Waals surface area contributed by atoms with Crippen LogP contribution in [-0.4, -0.2) is 20.1 Å². The third-order valence-electron chi connectivity index (χ3n) is 4.44. The Hall–Kier alpha value is -3.19. The van der Waals surface area contributed by atoms with Crippen LogP contribution in [0, 0.1) is 12.7 Å². The molecule has 0 atom stereocenters. The summed E-state index contributed by atoms with van der Waals surface area (Å²) in [6.07, 6.45) is -0.109. The van der Waals surface area contributed by atoms with Crippen LogP contribution in [0.2, 0.25) is 0 Å². The van der Waals surface area contributed by atoms with Gasteiger partial charge in [0.15, 0.2) is 9.84 Å². The molecule has 1 N–H and O–H groups in total. The van der Waals surface area contributed by atoms with Crippen LogP contribution in [0.4, 0.5) is 4.39 Å². The summed E-state index contributed by atoms with van der Waals surface area (Å²) in [6.45, 7) is 2.16. The van der Waals surface area contributed by atoms with Gasteiger partial charge >= 0.3 is 0 Å². The molecule has 3 rings (SSSR count). The molecule has 0 bridgehead atoms. The Morgan fingerprint density at radius 3 is 2.07 bits per heavy atom. The van der Waals surface area contributed by atoms with E-state index in [1.54, 1.807) is 48.5 Å². The predicted octanol–water partition coefficient (Wildman–Crippen LogP) is 4.41. The Balaban J connectivity index is 1.47. The number of hydrogen-bond donors (Lipinski definition) is 1. The molecule has 0 aromatic heterocycles. The van der Waals surface area contributed by atoms with Gasteiger partial charge < -0.3 is 10.1 Å². The third kappa shape index (κ3) is 6.15. The van der Waals surface area contributed by atoms with E-state index in [4.69, 9.17) is 4.74 Å². The molecule has 156 valence electrons. The smallest absolute Gasteiger partial charge is 0.221 e. The highest BCUT2D eigenvalue weighted by atomic mass is 32.2. The quantitative estimate of drug-likeness (QED) is 0.578. The van der Waals surface area contributed by atoms with Gasteiger partial charge in [-0.15, -0.1) is 0 Å². The summed E-state index contributed by atoms with van der Waals surface area (Å²) in [5.74, 6) is 0.192. The van der Waals surface area contributed by atoms with Crippen molar-refractivity contribution < 1.29 is 22.3 Å². The number of hydrogen-bond acceptors (Lipinski definition) is 4. The summed E-state index contributed by atoms with van der Waals surface area (Å²) in [6, 6.07) is 19.4. The van der Waals surface area contributed by atoms with Crippen LogP contribution >= 0.6 is 0 Å². The molecule has 0 aliphatic rings. The molecule has 1 amide bonds. The van der Waals surface area contributed by atoms with E-state index in [0.29, 0.717) is 11.5 Å². The van der Waals surface area contributed by atoms with Gasteiger partial charge in [-0.2, -0.15) is 0 Å². The molecule has 0 unspecified atom stereocenters. The molecule has 3 aromatic carbocycles. The van der Waals surface area contributed by atoms with Crippen LogP contribution in [0.15, 0.2) is 77.7 Å². The van der Waals surface area contributed by atoms with Crippen molar-refractivity contribution in [1.82, 2.24) is 5.32 Å². The van der Waals surface area contributed by atoms with E-state index in [1.807, 2.05) is 6.92 Å². The number of nitrogens with one attached hydrogen (secondary N) is 1. The first-order valence-corrected chi connectivity index (χ1v) is 11.1. The fourth-order valence-electron chi connectivity index (χ4n) is 2.69. The molecule has 0 heterocycles. The molecule has 0 saturated heterocycles. The maximum absolute atomic E-state index is 12.9. The van der Waals surface area contributed by atoms with Gasteiger partial charge in [-0.1, -0.05) is 29.8 Å². The number of carbonyl (C=O) groups excluding carboxylic acids is 1. The highest BCUT2D eigenvalue weighted by molar-refractivity contribution is 7.91. The zero-order valence-electron chi connectivity index (χ0n) is 16.5. The van der Waals surface area contributed by atoms with Crippen molar-refractivity contribution in [2.75, 3.05) is 5.75 Å². The molecule has 0 radical (unpaired) electrons. The van der Waals surface area contributed by atoms with Crippen molar-refractivity contribution in [2.45, 2.75) is 24.8 Å². The first kappa shape index (κ1) is 21.5. The lowest BCUT2D eigenvalue weighted by Gasteiger charge is -2.09. The maximum Gasteiger partial charge on any atom is 0.221 e. The zero-order chi connectivity index (χ0) is 21.6. The van der Waals surface area contributed by atoms with E-state index in [2.05, 4.69) is 5.32 Å². The molecular weight excluding hydrogens is 405 g/mol. The predicted molar refractivity (Wildman–Crippen MR) is 113 cm³/mol. The fraction of sp³-hybridized carbons (Fsp3) is 0.174. The van der Waals surface area contributed by atoms with Gasteiger partial charge in [0.25, 0.3) is 0 Å². The van der Waals surface area contributed by atoms with Gasteiger partial charge in [-0.25, -0.2) is 12.8 Å². The number of benzene rings is 3. The summed E-state index contributed by atoms with van der Waals surface area (Å²) >= 11 is 0. The second-order valence-corrected chi connectivity index (χ2v) is 8.97. The second kappa shape index (κ2) is 9.54. The van der Waals surface area contributed by atoms with Gasteiger partial charge in [-0.3, -0.25) is 4.79 Å². The van der Waals surface area contributed by atoms with Crippen molar-refractivity contribution in [2.24, 2.45) is 0 Å². The van der Waals surface area contributed by atoms with Crippen LogP contribution < -0.4 is 10.1 Å². The van der Waals surface area contributed by atoms with Crippen LogP contribution in [-0.2, 0) is 21.2 Å². The monoisotopic (exact) mass is 427 g/mol. The summed E-state index contributed by atoms with van der Waals surface area (Å²) in [5, 5.41) is 2.72. The first-order valence-electron chi connectivity index (χ1n) is 9.40. The lowest BCUT2D eigenvalue weighted by Crippen LogP contribution is -2.25. The average Bonchev–Trinajstić information content (AvgIpc) is 2.74. The number of sulfone groups is 1. The Morgan fingerprint density at radius 1 is 0.900 bits per heavy atom. The number of halogens is 1. The second-order valence-electron chi connectivity index (χ2n) is 6.86. The topological polar surface area (TPSA) is 72.5 Å². The molecule has 0 fully saturated rings. The minimum atomic E-state index is -3.49. The molecule has 0 saturated carbocycles. The van der Waals surface area contributed by atoms with E-state index in [1.165, 1.54) is 24.3 Å². The van der Waals surface area contributed by atoms with Crippen LogP contribution in [0.25, 0.3) is 0 Å². The number of aryl methyl sites for hydroxylation is 1. The molecule has 0 aliphatic carbocycles. The van der Waals surface area contributed by atoms with Gasteiger partial charge in [0.1, 0.15) is 17.3 Å². The number of rotatable bonds is 8.